The van der Waals surface area contributed by atoms with E-state index in [0.717, 1.165) is 22.8 Å². The van der Waals surface area contributed by atoms with Crippen LogP contribution in [0.1, 0.15) is 16.3 Å². The molecule has 0 saturated heterocycles. The molecule has 1 aromatic heterocycles. The molecule has 2 rings (SSSR count). The van der Waals surface area contributed by atoms with Crippen LogP contribution in [0.5, 0.6) is 0 Å². The zero-order valence-corrected chi connectivity index (χ0v) is 13.6. The highest BCUT2D eigenvalue weighted by atomic mass is 32.2. The zero-order valence-electron chi connectivity index (χ0n) is 12.0. The van der Waals surface area contributed by atoms with Crippen molar-refractivity contribution in [1.29, 1.82) is 0 Å². The Morgan fingerprint density at radius 3 is 2.57 bits per heavy atom. The fourth-order valence-corrected chi connectivity index (χ4v) is 3.12. The number of hydrogen-bond donors (Lipinski definition) is 2. The number of benzene rings is 1. The Hall–Kier alpha value is -1.65. The quantitative estimate of drug-likeness (QED) is 0.853. The first-order valence-corrected chi connectivity index (χ1v) is 8.89. The van der Waals surface area contributed by atoms with Crippen LogP contribution in [0.15, 0.2) is 28.5 Å². The fraction of sp³-hybridized carbons (Fsp3) is 0.308. The van der Waals surface area contributed by atoms with Gasteiger partial charge in [0, 0.05) is 24.0 Å². The molecule has 23 heavy (non-hydrogen) atoms. The molecule has 0 saturated carbocycles. The van der Waals surface area contributed by atoms with Crippen molar-refractivity contribution in [2.75, 3.05) is 11.9 Å². The fourth-order valence-electron chi connectivity index (χ4n) is 1.94. The third kappa shape index (κ3) is 4.66. The summed E-state index contributed by atoms with van der Waals surface area (Å²) in [6.07, 6.45) is -4.24. The summed E-state index contributed by atoms with van der Waals surface area (Å²) in [6, 6.07) is 2.64. The molecule has 5 nitrogen and oxygen atoms in total. The van der Waals surface area contributed by atoms with E-state index in [9.17, 15) is 21.6 Å². The minimum atomic E-state index is -4.69. The zero-order chi connectivity index (χ0) is 17.3. The average Bonchev–Trinajstić information content (AvgIpc) is 2.82. The molecule has 0 amide bonds. The second-order valence-corrected chi connectivity index (χ2v) is 7.41. The average molecular weight is 365 g/mol. The van der Waals surface area contributed by atoms with Gasteiger partial charge >= 0.3 is 6.18 Å². The van der Waals surface area contributed by atoms with Crippen LogP contribution >= 0.6 is 11.3 Å². The van der Waals surface area contributed by atoms with E-state index in [1.54, 1.807) is 0 Å². The smallest absolute Gasteiger partial charge is 0.384 e. The molecule has 0 fully saturated rings. The summed E-state index contributed by atoms with van der Waals surface area (Å²) in [5, 5.41) is 10.3. The Morgan fingerprint density at radius 2 is 2.04 bits per heavy atom. The van der Waals surface area contributed by atoms with Gasteiger partial charge in [-0.25, -0.2) is 18.5 Å². The molecule has 3 N–H and O–H groups in total. The topological polar surface area (TPSA) is 85.1 Å². The van der Waals surface area contributed by atoms with Crippen molar-refractivity contribution >= 4 is 27.0 Å². The highest BCUT2D eigenvalue weighted by Crippen LogP contribution is 2.36. The van der Waals surface area contributed by atoms with Gasteiger partial charge in [-0.15, -0.1) is 11.3 Å². The Kier molecular flexibility index (Phi) is 4.97. The van der Waals surface area contributed by atoms with Crippen LogP contribution in [0, 0.1) is 6.92 Å². The molecule has 0 aliphatic rings. The van der Waals surface area contributed by atoms with Crippen molar-refractivity contribution in [3.63, 3.8) is 0 Å². The van der Waals surface area contributed by atoms with Crippen molar-refractivity contribution < 1.29 is 21.6 Å². The lowest BCUT2D eigenvalue weighted by Crippen LogP contribution is -2.17. The van der Waals surface area contributed by atoms with Crippen molar-refractivity contribution in [3.8, 4) is 0 Å². The van der Waals surface area contributed by atoms with E-state index in [1.165, 1.54) is 11.3 Å². The summed E-state index contributed by atoms with van der Waals surface area (Å²) < 4.78 is 61.7. The van der Waals surface area contributed by atoms with Crippen LogP contribution in [0.3, 0.4) is 0 Å². The van der Waals surface area contributed by atoms with Gasteiger partial charge in [-0.3, -0.25) is 0 Å². The van der Waals surface area contributed by atoms with E-state index >= 15 is 0 Å². The second kappa shape index (κ2) is 6.46. The normalized spacial score (nSPS) is 12.4. The number of anilines is 1. The van der Waals surface area contributed by atoms with Crippen LogP contribution in [0.2, 0.25) is 0 Å². The number of nitrogens with one attached hydrogen (secondary N) is 1. The van der Waals surface area contributed by atoms with E-state index in [2.05, 4.69) is 10.3 Å². The number of aromatic nitrogens is 1. The Labute approximate surface area is 135 Å². The molecule has 0 atom stereocenters. The SMILES string of the molecule is Cc1nc(CCNc2ccc(S(N)(=O)=O)cc2C(F)(F)F)cs1. The molecular weight excluding hydrogens is 351 g/mol. The minimum Gasteiger partial charge on any atom is -0.384 e. The molecule has 0 unspecified atom stereocenters. The maximum absolute atomic E-state index is 13.1. The summed E-state index contributed by atoms with van der Waals surface area (Å²) in [6.45, 7) is 2.08. The molecule has 0 aliphatic carbocycles. The van der Waals surface area contributed by atoms with Crippen LogP contribution in [0.25, 0.3) is 0 Å². The van der Waals surface area contributed by atoms with Gasteiger partial charge in [0.1, 0.15) is 0 Å². The highest BCUT2D eigenvalue weighted by molar-refractivity contribution is 7.89. The largest absolute Gasteiger partial charge is 0.418 e. The lowest BCUT2D eigenvalue weighted by atomic mass is 10.1. The van der Waals surface area contributed by atoms with Gasteiger partial charge in [0.15, 0.2) is 0 Å². The number of hydrogen-bond acceptors (Lipinski definition) is 5. The predicted octanol–water partition coefficient (Wildman–Crippen LogP) is 2.77. The third-order valence-electron chi connectivity index (χ3n) is 2.99. The number of sulfonamides is 1. The van der Waals surface area contributed by atoms with Gasteiger partial charge < -0.3 is 5.32 Å². The van der Waals surface area contributed by atoms with E-state index in [1.807, 2.05) is 12.3 Å². The van der Waals surface area contributed by atoms with E-state index in [-0.39, 0.29) is 12.2 Å². The number of halogens is 3. The molecule has 1 heterocycles. The van der Waals surface area contributed by atoms with E-state index in [4.69, 9.17) is 5.14 Å². The Balaban J connectivity index is 2.20. The van der Waals surface area contributed by atoms with Crippen LogP contribution in [0.4, 0.5) is 18.9 Å². The maximum Gasteiger partial charge on any atom is 0.418 e. The monoisotopic (exact) mass is 365 g/mol. The summed E-state index contributed by atoms with van der Waals surface area (Å²) in [5.74, 6) is 0. The molecule has 0 aliphatic heterocycles. The summed E-state index contributed by atoms with van der Waals surface area (Å²) in [5.41, 5.74) is -0.481. The highest BCUT2D eigenvalue weighted by Gasteiger charge is 2.34. The molecule has 2 aromatic rings. The molecule has 0 spiro atoms. The second-order valence-electron chi connectivity index (χ2n) is 4.78. The van der Waals surface area contributed by atoms with Crippen LogP contribution < -0.4 is 10.5 Å². The van der Waals surface area contributed by atoms with Gasteiger partial charge in [0.05, 0.1) is 21.2 Å². The first-order chi connectivity index (χ1) is 10.6. The number of alkyl halides is 3. The first kappa shape index (κ1) is 17.7. The molecule has 126 valence electrons. The van der Waals surface area contributed by atoms with Crippen molar-refractivity contribution in [2.24, 2.45) is 5.14 Å². The number of nitrogens with two attached hydrogens (primary N) is 1. The molecule has 1 aromatic carbocycles. The van der Waals surface area contributed by atoms with Gasteiger partial charge in [-0.1, -0.05) is 0 Å². The Bertz CT molecular complexity index is 801. The van der Waals surface area contributed by atoms with E-state index in [0.29, 0.717) is 12.5 Å². The molecule has 0 bridgehead atoms. The number of rotatable bonds is 5. The standard InChI is InChI=1S/C13H14F3N3O2S2/c1-8-19-9(7-22-8)4-5-18-12-3-2-10(23(17,20)21)6-11(12)13(14,15)16/h2-3,6-7,18H,4-5H2,1H3,(H2,17,20,21). The Morgan fingerprint density at radius 1 is 1.35 bits per heavy atom. The van der Waals surface area contributed by atoms with Crippen molar-refractivity contribution in [1.82, 2.24) is 4.98 Å². The molecular formula is C13H14F3N3O2S2. The van der Waals surface area contributed by atoms with Gasteiger partial charge in [-0.05, 0) is 25.1 Å². The molecule has 0 radical (unpaired) electrons. The van der Waals surface area contributed by atoms with Gasteiger partial charge in [0.25, 0.3) is 0 Å². The summed E-state index contributed by atoms with van der Waals surface area (Å²) >= 11 is 1.46. The predicted molar refractivity (Wildman–Crippen MR) is 81.9 cm³/mol. The molecule has 10 heteroatoms. The number of thiazole rings is 1. The summed E-state index contributed by atoms with van der Waals surface area (Å²) in [7, 11) is -4.20. The summed E-state index contributed by atoms with van der Waals surface area (Å²) in [4.78, 5) is 3.64. The lowest BCUT2D eigenvalue weighted by molar-refractivity contribution is -0.137. The number of primary sulfonamides is 1. The van der Waals surface area contributed by atoms with Crippen LogP contribution in [-0.2, 0) is 22.6 Å². The van der Waals surface area contributed by atoms with Gasteiger partial charge in [-0.2, -0.15) is 13.2 Å². The third-order valence-corrected chi connectivity index (χ3v) is 4.72. The number of nitrogens with zero attached hydrogens (tertiary/aromatic N) is 1. The van der Waals surface area contributed by atoms with Crippen LogP contribution in [-0.4, -0.2) is 19.9 Å². The van der Waals surface area contributed by atoms with Crippen molar-refractivity contribution in [3.05, 3.63) is 39.8 Å². The maximum atomic E-state index is 13.1. The minimum absolute atomic E-state index is 0.197. The first-order valence-electron chi connectivity index (χ1n) is 6.46. The number of aryl methyl sites for hydroxylation is 1. The lowest BCUT2D eigenvalue weighted by Gasteiger charge is -2.15. The van der Waals surface area contributed by atoms with E-state index < -0.39 is 26.7 Å². The van der Waals surface area contributed by atoms with Crippen molar-refractivity contribution in [2.45, 2.75) is 24.4 Å². The van der Waals surface area contributed by atoms with Gasteiger partial charge in [0.2, 0.25) is 10.0 Å².